The molecule has 0 aromatic carbocycles. The maximum absolute atomic E-state index is 14.4. The van der Waals surface area contributed by atoms with Crippen LogP contribution in [-0.4, -0.2) is 233 Å². The molecule has 0 aromatic heterocycles. The fourth-order valence-electron chi connectivity index (χ4n) is 10.0. The van der Waals surface area contributed by atoms with Gasteiger partial charge in [0, 0.05) is 26.2 Å². The summed E-state index contributed by atoms with van der Waals surface area (Å²) in [4.78, 5) is 158. The molecule has 4 aliphatic heterocycles. The van der Waals surface area contributed by atoms with Crippen molar-refractivity contribution in [3.05, 3.63) is 0 Å². The lowest BCUT2D eigenvalue weighted by Gasteiger charge is -2.34. The number of fused-ring (bicyclic) bond motifs is 3. The fraction of sp³-hybridized carbons (Fsp3) is 0.755. The minimum absolute atomic E-state index is 0.00832. The Bertz CT molecular complexity index is 2230. The molecular formula is C49H79N11O19. The second kappa shape index (κ2) is 30.6. The number of carbonyl (C=O) groups excluding carboxylic acids is 9. The number of carboxylic acid groups (broad SMARTS) is 2. The van der Waals surface area contributed by atoms with Crippen LogP contribution in [0, 0.1) is 5.92 Å². The van der Waals surface area contributed by atoms with Gasteiger partial charge in [0.05, 0.1) is 25.2 Å². The number of hydrogen-bond acceptors (Lipinski definition) is 18. The molecule has 4 rings (SSSR count). The van der Waals surface area contributed by atoms with Gasteiger partial charge < -0.3 is 93.2 Å². The minimum atomic E-state index is -2.76. The Kier molecular flexibility index (Phi) is 25.1. The smallest absolute Gasteiger partial charge is 0.335 e. The first-order valence-corrected chi connectivity index (χ1v) is 26.8. The number of aliphatic hydroxyl groups is 5. The van der Waals surface area contributed by atoms with Gasteiger partial charge in [-0.3, -0.25) is 43.3 Å². The van der Waals surface area contributed by atoms with Crippen LogP contribution in [0.1, 0.15) is 117 Å². The number of guanidine groups is 1. The van der Waals surface area contributed by atoms with Crippen molar-refractivity contribution in [2.45, 2.75) is 196 Å². The van der Waals surface area contributed by atoms with Crippen molar-refractivity contribution >= 4 is 71.1 Å². The number of hydrogen-bond donors (Lipinski definition) is 14. The molecule has 30 heteroatoms. The minimum Gasteiger partial charge on any atom is -0.479 e. The quantitative estimate of drug-likeness (QED) is 0.0263. The second-order valence-corrected chi connectivity index (χ2v) is 20.8. The number of aliphatic hydroxyl groups excluding tert-OH is 5. The molecule has 4 aliphatic rings. The van der Waals surface area contributed by atoms with Crippen molar-refractivity contribution in [1.82, 2.24) is 41.3 Å². The Hall–Kier alpha value is -6.76. The number of rotatable bonds is 18. The Balaban J connectivity index is 1.80. The highest BCUT2D eigenvalue weighted by molar-refractivity contribution is 6.00. The Morgan fingerprint density at radius 2 is 1.22 bits per heavy atom. The molecular weight excluding hydrogens is 1050 g/mol. The fourth-order valence-corrected chi connectivity index (χ4v) is 10.0. The third-order valence-electron chi connectivity index (χ3n) is 14.3. The number of nitrogens with zero attached hydrogens (tertiary/aromatic N) is 4. The van der Waals surface area contributed by atoms with Crippen molar-refractivity contribution in [3.8, 4) is 0 Å². The van der Waals surface area contributed by atoms with E-state index < -0.39 is 164 Å². The van der Waals surface area contributed by atoms with E-state index in [1.54, 1.807) is 0 Å². The van der Waals surface area contributed by atoms with Crippen molar-refractivity contribution in [2.24, 2.45) is 22.4 Å². The van der Waals surface area contributed by atoms with Crippen LogP contribution in [0.2, 0.25) is 0 Å². The summed E-state index contributed by atoms with van der Waals surface area (Å²) in [6, 6.07) is -14.9. The summed E-state index contributed by atoms with van der Waals surface area (Å²) < 4.78 is 5.64. The number of carbonyl (C=O) groups is 11. The molecule has 16 N–H and O–H groups in total. The zero-order valence-corrected chi connectivity index (χ0v) is 44.7. The van der Waals surface area contributed by atoms with Gasteiger partial charge in [-0.1, -0.05) is 46.0 Å². The molecule has 0 unspecified atom stereocenters. The van der Waals surface area contributed by atoms with Gasteiger partial charge in [0.1, 0.15) is 48.4 Å². The lowest BCUT2D eigenvalue weighted by atomic mass is 10.0. The van der Waals surface area contributed by atoms with Gasteiger partial charge >= 0.3 is 17.9 Å². The SMILES string of the molecule is CC(C)CCCCCCC[C@H]1CC(=O)N[C@H]([C@H](C)O)C(=O)N2CCC[C@H]2C(=O)N2CCC[C@@H]2C(=O)N[C@H](CCCN=C(N)N)C(=O)N[C@@H]([C@@H](O)C(=O)O)C(=O)N[C@H](CO)C(=O)N2CC[C@@H](O)[C@H]2C(=O)N[C@@H]([C@@H](O)C(=O)O)C(=O)O1. The van der Waals surface area contributed by atoms with Crippen LogP contribution in [0.15, 0.2) is 4.99 Å². The van der Waals surface area contributed by atoms with E-state index in [1.807, 2.05) is 10.6 Å². The standard InChI is InChI=1S/C49H79N11O19/c1-24(2)12-7-5-4-6-8-13-26-22-32(64)55-33(25(3)62)45(73)59-20-11-16-30(59)44(72)58-19-10-15-29(58)40(68)53-27(14-9-18-52-49(50)51)39(67)56-34(37(65)46(74)75)41(69)54-28(23-61)43(71)60-21-17-31(63)36(60)42(70)57-35(48(78)79-26)38(66)47(76)77/h24-31,33-38,61-63,65-66H,4-23H2,1-3H3,(H,53,68)(H,54,69)(H,55,64)(H,56,67)(H,57,70)(H,74,75)(H,76,77)(H4,50,51,52)/t25-,26-,27+,28+,29+,30-,31+,33+,34-,35-,36-,37+,38+/m0/s1. The normalized spacial score (nSPS) is 28.6. The van der Waals surface area contributed by atoms with Gasteiger partial charge in [0.15, 0.2) is 24.2 Å². The molecule has 0 radical (unpaired) electrons. The maximum atomic E-state index is 14.4. The molecule has 444 valence electrons. The van der Waals surface area contributed by atoms with Gasteiger partial charge in [-0.15, -0.1) is 0 Å². The largest absolute Gasteiger partial charge is 0.479 e. The third-order valence-corrected chi connectivity index (χ3v) is 14.3. The first kappa shape index (κ1) is 64.8. The van der Waals surface area contributed by atoms with Crippen molar-refractivity contribution in [3.63, 3.8) is 0 Å². The van der Waals surface area contributed by atoms with Gasteiger partial charge in [-0.25, -0.2) is 14.4 Å². The highest BCUT2D eigenvalue weighted by Crippen LogP contribution is 2.27. The maximum Gasteiger partial charge on any atom is 0.335 e. The number of nitrogens with two attached hydrogens (primary N) is 2. The molecule has 30 nitrogen and oxygen atoms in total. The van der Waals surface area contributed by atoms with Crippen LogP contribution in [0.25, 0.3) is 0 Å². The van der Waals surface area contributed by atoms with Crippen molar-refractivity contribution < 1.29 is 93.2 Å². The van der Waals surface area contributed by atoms with E-state index in [0.717, 1.165) is 30.6 Å². The summed E-state index contributed by atoms with van der Waals surface area (Å²) in [6.45, 7) is 3.48. The summed E-state index contributed by atoms with van der Waals surface area (Å²) in [5.41, 5.74) is 10.9. The van der Waals surface area contributed by atoms with E-state index >= 15 is 0 Å². The highest BCUT2D eigenvalue weighted by Gasteiger charge is 2.48. The summed E-state index contributed by atoms with van der Waals surface area (Å²) in [6.07, 6.45) is -6.58. The van der Waals surface area contributed by atoms with Gasteiger partial charge in [-0.05, 0) is 70.6 Å². The molecule has 79 heavy (non-hydrogen) atoms. The van der Waals surface area contributed by atoms with Crippen LogP contribution in [-0.2, 0) is 57.5 Å². The number of aliphatic imine (C=N–C) groups is 1. The third kappa shape index (κ3) is 18.1. The second-order valence-electron chi connectivity index (χ2n) is 20.8. The van der Waals surface area contributed by atoms with Crippen LogP contribution in [0.3, 0.4) is 0 Å². The molecule has 0 spiro atoms. The summed E-state index contributed by atoms with van der Waals surface area (Å²) in [7, 11) is 0. The number of carboxylic acids is 2. The lowest BCUT2D eigenvalue weighted by Crippen LogP contribution is -2.64. The molecule has 0 aromatic rings. The predicted molar refractivity (Wildman–Crippen MR) is 273 cm³/mol. The van der Waals surface area contributed by atoms with Gasteiger partial charge in [-0.2, -0.15) is 0 Å². The number of cyclic esters (lactones) is 1. The van der Waals surface area contributed by atoms with Gasteiger partial charge in [0.25, 0.3) is 0 Å². The number of esters is 1. The van der Waals surface area contributed by atoms with Crippen molar-refractivity contribution in [2.75, 3.05) is 32.8 Å². The molecule has 0 saturated carbocycles. The number of amides is 8. The van der Waals surface area contributed by atoms with E-state index in [0.29, 0.717) is 23.7 Å². The Morgan fingerprint density at radius 3 is 1.82 bits per heavy atom. The number of unbranched alkanes of at least 4 members (excludes halogenated alkanes) is 4. The molecule has 0 bridgehead atoms. The summed E-state index contributed by atoms with van der Waals surface area (Å²) in [5.74, 6) is -14.6. The van der Waals surface area contributed by atoms with E-state index in [9.17, 15) is 88.5 Å². The number of aliphatic carboxylic acids is 2. The molecule has 8 amide bonds. The number of nitrogens with one attached hydrogen (secondary N) is 5. The van der Waals surface area contributed by atoms with Crippen LogP contribution in [0.5, 0.6) is 0 Å². The molecule has 4 saturated heterocycles. The van der Waals surface area contributed by atoms with Crippen molar-refractivity contribution in [1.29, 1.82) is 0 Å². The highest BCUT2D eigenvalue weighted by atomic mass is 16.5. The zero-order valence-electron chi connectivity index (χ0n) is 44.7. The average Bonchev–Trinajstić information content (AvgIpc) is 4.23. The lowest BCUT2D eigenvalue weighted by molar-refractivity contribution is -0.165. The molecule has 4 heterocycles. The monoisotopic (exact) mass is 1130 g/mol. The number of ether oxygens (including phenoxy) is 1. The molecule has 0 aliphatic carbocycles. The first-order valence-electron chi connectivity index (χ1n) is 26.8. The summed E-state index contributed by atoms with van der Waals surface area (Å²) >= 11 is 0. The van der Waals surface area contributed by atoms with E-state index in [4.69, 9.17) is 16.2 Å². The van der Waals surface area contributed by atoms with Crippen LogP contribution >= 0.6 is 0 Å². The topological polar surface area (TPSA) is 473 Å². The molecule has 4 fully saturated rings. The Labute approximate surface area is 455 Å². The van der Waals surface area contributed by atoms with Gasteiger partial charge in [0.2, 0.25) is 47.3 Å². The summed E-state index contributed by atoms with van der Waals surface area (Å²) in [5, 5.41) is 84.7. The van der Waals surface area contributed by atoms with Crippen LogP contribution in [0.4, 0.5) is 0 Å². The average molecular weight is 1130 g/mol. The van der Waals surface area contributed by atoms with Crippen LogP contribution < -0.4 is 38.1 Å². The molecule has 13 atom stereocenters. The van der Waals surface area contributed by atoms with E-state index in [1.165, 1.54) is 11.8 Å². The van der Waals surface area contributed by atoms with E-state index in [2.05, 4.69) is 34.8 Å². The predicted octanol–water partition coefficient (Wildman–Crippen LogP) is -5.63. The first-order chi connectivity index (χ1) is 37.3. The Morgan fingerprint density at radius 1 is 0.633 bits per heavy atom. The van der Waals surface area contributed by atoms with E-state index in [-0.39, 0.29) is 77.0 Å². The zero-order chi connectivity index (χ0) is 58.8.